The van der Waals surface area contributed by atoms with Gasteiger partial charge in [0.2, 0.25) is 0 Å². The van der Waals surface area contributed by atoms with Crippen LogP contribution in [0.4, 0.5) is 5.69 Å². The average Bonchev–Trinajstić information content (AvgIpc) is 2.52. The van der Waals surface area contributed by atoms with Crippen molar-refractivity contribution in [1.29, 1.82) is 0 Å². The molecule has 110 valence electrons. The first-order chi connectivity index (χ1) is 10.2. The minimum Gasteiger partial charge on any atom is -0.381 e. The van der Waals surface area contributed by atoms with Gasteiger partial charge in [-0.15, -0.1) is 0 Å². The molecule has 0 aromatic heterocycles. The summed E-state index contributed by atoms with van der Waals surface area (Å²) in [5, 5.41) is 3.79. The fourth-order valence-corrected chi connectivity index (χ4v) is 3.71. The van der Waals surface area contributed by atoms with Gasteiger partial charge in [-0.05, 0) is 59.0 Å². The third kappa shape index (κ3) is 3.49. The molecule has 0 amide bonds. The largest absolute Gasteiger partial charge is 0.381 e. The number of benzene rings is 2. The highest BCUT2D eigenvalue weighted by Gasteiger charge is 2.26. The van der Waals surface area contributed by atoms with Gasteiger partial charge in [-0.1, -0.05) is 49.2 Å². The number of aryl methyl sites for hydroxylation is 1. The molecule has 1 fully saturated rings. The summed E-state index contributed by atoms with van der Waals surface area (Å²) < 4.78 is 1.16. The number of halogens is 1. The van der Waals surface area contributed by atoms with E-state index in [1.165, 1.54) is 42.5 Å². The van der Waals surface area contributed by atoms with Gasteiger partial charge in [0.25, 0.3) is 0 Å². The summed E-state index contributed by atoms with van der Waals surface area (Å²) in [6.07, 6.45) is 5.20. The Kier molecular flexibility index (Phi) is 4.64. The van der Waals surface area contributed by atoms with Crippen molar-refractivity contribution in [3.63, 3.8) is 0 Å². The van der Waals surface area contributed by atoms with E-state index in [1.807, 2.05) is 0 Å². The van der Waals surface area contributed by atoms with E-state index < -0.39 is 0 Å². The lowest BCUT2D eigenvalue weighted by molar-refractivity contribution is 0.405. The smallest absolute Gasteiger partial charge is 0.0489 e. The van der Waals surface area contributed by atoms with E-state index in [9.17, 15) is 0 Å². The second-order valence-corrected chi connectivity index (χ2v) is 6.89. The summed E-state index contributed by atoms with van der Waals surface area (Å²) in [5.74, 6) is 0.618. The lowest BCUT2D eigenvalue weighted by Gasteiger charge is -2.33. The third-order valence-electron chi connectivity index (χ3n) is 4.46. The third-order valence-corrected chi connectivity index (χ3v) is 5.15. The number of nitrogens with one attached hydrogen (secondary N) is 1. The Morgan fingerprint density at radius 1 is 1.00 bits per heavy atom. The van der Waals surface area contributed by atoms with Crippen LogP contribution in [0.15, 0.2) is 53.0 Å². The zero-order valence-electron chi connectivity index (χ0n) is 12.5. The Morgan fingerprint density at radius 3 is 2.57 bits per heavy atom. The minimum atomic E-state index is 0.527. The van der Waals surface area contributed by atoms with Crippen molar-refractivity contribution in [2.45, 2.75) is 44.6 Å². The van der Waals surface area contributed by atoms with Gasteiger partial charge in [-0.2, -0.15) is 0 Å². The van der Waals surface area contributed by atoms with Crippen LogP contribution in [0.25, 0.3) is 0 Å². The molecule has 0 saturated heterocycles. The average molecular weight is 344 g/mol. The van der Waals surface area contributed by atoms with Crippen LogP contribution in [0.2, 0.25) is 0 Å². The monoisotopic (exact) mass is 343 g/mol. The topological polar surface area (TPSA) is 12.0 Å². The summed E-state index contributed by atoms with van der Waals surface area (Å²) in [6.45, 7) is 2.15. The maximum Gasteiger partial charge on any atom is 0.0489 e. The van der Waals surface area contributed by atoms with E-state index >= 15 is 0 Å². The zero-order valence-corrected chi connectivity index (χ0v) is 14.1. The number of rotatable bonds is 3. The predicted octanol–water partition coefficient (Wildman–Crippen LogP) is 5.90. The summed E-state index contributed by atoms with van der Waals surface area (Å²) in [6, 6.07) is 18.0. The maximum atomic E-state index is 3.79. The Morgan fingerprint density at radius 2 is 1.76 bits per heavy atom. The Bertz CT molecular complexity index is 594. The molecule has 21 heavy (non-hydrogen) atoms. The number of hydrogen-bond acceptors (Lipinski definition) is 1. The molecule has 2 atom stereocenters. The molecule has 1 saturated carbocycles. The highest BCUT2D eigenvalue weighted by Crippen LogP contribution is 2.36. The second-order valence-electron chi connectivity index (χ2n) is 6.04. The van der Waals surface area contributed by atoms with E-state index in [1.54, 1.807) is 0 Å². The summed E-state index contributed by atoms with van der Waals surface area (Å²) in [7, 11) is 0. The fraction of sp³-hybridized carbons (Fsp3) is 0.368. The minimum absolute atomic E-state index is 0.527. The molecule has 1 N–H and O–H groups in total. The molecule has 0 heterocycles. The Hall–Kier alpha value is -1.28. The molecule has 0 spiro atoms. The molecule has 1 nitrogen and oxygen atoms in total. The van der Waals surface area contributed by atoms with Gasteiger partial charge in [0.05, 0.1) is 0 Å². The lowest BCUT2D eigenvalue weighted by atomic mass is 9.80. The zero-order chi connectivity index (χ0) is 14.7. The van der Waals surface area contributed by atoms with Gasteiger partial charge in [-0.3, -0.25) is 0 Å². The van der Waals surface area contributed by atoms with Crippen LogP contribution in [-0.2, 0) is 0 Å². The first-order valence-electron chi connectivity index (χ1n) is 7.81. The summed E-state index contributed by atoms with van der Waals surface area (Å²) in [4.78, 5) is 0. The summed E-state index contributed by atoms with van der Waals surface area (Å²) in [5.41, 5.74) is 3.99. The SMILES string of the molecule is Cc1ccc(Br)c(NC2CCCCC2c2ccccc2)c1. The molecule has 3 rings (SSSR count). The quantitative estimate of drug-likeness (QED) is 0.731. The van der Waals surface area contributed by atoms with Crippen molar-refractivity contribution in [2.24, 2.45) is 0 Å². The highest BCUT2D eigenvalue weighted by molar-refractivity contribution is 9.10. The Balaban J connectivity index is 1.83. The maximum absolute atomic E-state index is 3.79. The van der Waals surface area contributed by atoms with Gasteiger partial charge in [0.1, 0.15) is 0 Å². The lowest BCUT2D eigenvalue weighted by Crippen LogP contribution is -2.30. The van der Waals surface area contributed by atoms with Crippen molar-refractivity contribution < 1.29 is 0 Å². The van der Waals surface area contributed by atoms with Crippen LogP contribution >= 0.6 is 15.9 Å². The Labute approximate surface area is 135 Å². The van der Waals surface area contributed by atoms with Crippen LogP contribution in [-0.4, -0.2) is 6.04 Å². The van der Waals surface area contributed by atoms with Crippen molar-refractivity contribution in [3.05, 3.63) is 64.1 Å². The number of anilines is 1. The molecule has 1 aliphatic carbocycles. The van der Waals surface area contributed by atoms with Crippen molar-refractivity contribution >= 4 is 21.6 Å². The van der Waals surface area contributed by atoms with Crippen LogP contribution < -0.4 is 5.32 Å². The van der Waals surface area contributed by atoms with Gasteiger partial charge in [0, 0.05) is 22.1 Å². The molecule has 0 bridgehead atoms. The normalized spacial score (nSPS) is 22.0. The first-order valence-corrected chi connectivity index (χ1v) is 8.61. The van der Waals surface area contributed by atoms with E-state index in [4.69, 9.17) is 0 Å². The standard InChI is InChI=1S/C19H22BrN/c1-14-11-12-17(20)19(13-14)21-18-10-6-5-9-16(18)15-7-3-2-4-8-15/h2-4,7-8,11-13,16,18,21H,5-6,9-10H2,1H3. The van der Waals surface area contributed by atoms with Crippen LogP contribution in [0.5, 0.6) is 0 Å². The summed E-state index contributed by atoms with van der Waals surface area (Å²) >= 11 is 3.67. The molecular weight excluding hydrogens is 322 g/mol. The van der Waals surface area contributed by atoms with Crippen LogP contribution in [0.1, 0.15) is 42.7 Å². The van der Waals surface area contributed by atoms with Gasteiger partial charge >= 0.3 is 0 Å². The van der Waals surface area contributed by atoms with E-state index in [0.717, 1.165) is 4.47 Å². The molecule has 0 radical (unpaired) electrons. The van der Waals surface area contributed by atoms with E-state index in [2.05, 4.69) is 76.7 Å². The van der Waals surface area contributed by atoms with E-state index in [-0.39, 0.29) is 0 Å². The molecule has 2 aromatic carbocycles. The van der Waals surface area contributed by atoms with Crippen molar-refractivity contribution in [3.8, 4) is 0 Å². The number of hydrogen-bond donors (Lipinski definition) is 1. The van der Waals surface area contributed by atoms with Gasteiger partial charge < -0.3 is 5.32 Å². The molecular formula is C19H22BrN. The predicted molar refractivity (Wildman–Crippen MR) is 93.9 cm³/mol. The second kappa shape index (κ2) is 6.65. The highest BCUT2D eigenvalue weighted by atomic mass is 79.9. The molecule has 2 unspecified atom stereocenters. The molecule has 2 aromatic rings. The van der Waals surface area contributed by atoms with Gasteiger partial charge in [-0.25, -0.2) is 0 Å². The van der Waals surface area contributed by atoms with Crippen molar-refractivity contribution in [2.75, 3.05) is 5.32 Å². The first kappa shape index (κ1) is 14.6. The molecule has 2 heteroatoms. The fourth-order valence-electron chi connectivity index (χ4n) is 3.35. The van der Waals surface area contributed by atoms with E-state index in [0.29, 0.717) is 12.0 Å². The van der Waals surface area contributed by atoms with Crippen LogP contribution in [0, 0.1) is 6.92 Å². The molecule has 0 aliphatic heterocycles. The molecule has 1 aliphatic rings. The van der Waals surface area contributed by atoms with Crippen LogP contribution in [0.3, 0.4) is 0 Å². The van der Waals surface area contributed by atoms with Crippen molar-refractivity contribution in [1.82, 2.24) is 0 Å². The van der Waals surface area contributed by atoms with Gasteiger partial charge in [0.15, 0.2) is 0 Å².